The van der Waals surface area contributed by atoms with Gasteiger partial charge in [0.15, 0.2) is 0 Å². The van der Waals surface area contributed by atoms with Crippen molar-refractivity contribution in [2.75, 3.05) is 19.6 Å². The Kier molecular flexibility index (Phi) is 4.98. The molecule has 2 saturated heterocycles. The lowest BCUT2D eigenvalue weighted by Gasteiger charge is -2.37. The Morgan fingerprint density at radius 3 is 2.76 bits per heavy atom. The first-order chi connectivity index (χ1) is 12.2. The number of carbonyl (C=O) groups is 1. The molecule has 4 nitrogen and oxygen atoms in total. The molecule has 0 unspecified atom stereocenters. The predicted molar refractivity (Wildman–Crippen MR) is 100 cm³/mol. The number of rotatable bonds is 5. The Bertz CT molecular complexity index is 586. The minimum atomic E-state index is 0.133. The second kappa shape index (κ2) is 7.36. The Hall–Kier alpha value is -1.55. The highest BCUT2D eigenvalue weighted by atomic mass is 16.2. The highest BCUT2D eigenvalue weighted by Crippen LogP contribution is 2.33. The molecule has 136 valence electrons. The quantitative estimate of drug-likeness (QED) is 0.884. The molecule has 2 heterocycles. The SMILES string of the molecule is C[C@H](c1ccccc1)N(CC1CC1)C(=O)N[C@H]1CCN2CCC[C@@H]2C1. The van der Waals surface area contributed by atoms with E-state index in [1.54, 1.807) is 0 Å². The molecule has 1 saturated carbocycles. The fourth-order valence-electron chi connectivity index (χ4n) is 4.52. The van der Waals surface area contributed by atoms with Crippen molar-refractivity contribution in [2.45, 2.75) is 63.6 Å². The van der Waals surface area contributed by atoms with E-state index in [1.165, 1.54) is 37.8 Å². The average molecular weight is 341 g/mol. The van der Waals surface area contributed by atoms with Crippen molar-refractivity contribution < 1.29 is 4.79 Å². The number of piperidine rings is 1. The zero-order valence-corrected chi connectivity index (χ0v) is 15.4. The second-order valence-corrected chi connectivity index (χ2v) is 8.19. The first-order valence-corrected chi connectivity index (χ1v) is 10.1. The van der Waals surface area contributed by atoms with Gasteiger partial charge in [0, 0.05) is 25.2 Å². The van der Waals surface area contributed by atoms with E-state index in [0.717, 1.165) is 25.9 Å². The summed E-state index contributed by atoms with van der Waals surface area (Å²) in [6.45, 7) is 5.46. The van der Waals surface area contributed by atoms with Crippen molar-refractivity contribution in [3.8, 4) is 0 Å². The van der Waals surface area contributed by atoms with Crippen molar-refractivity contribution in [1.82, 2.24) is 15.1 Å². The minimum absolute atomic E-state index is 0.133. The van der Waals surface area contributed by atoms with E-state index in [1.807, 2.05) is 6.07 Å². The van der Waals surface area contributed by atoms with Crippen LogP contribution < -0.4 is 5.32 Å². The Balaban J connectivity index is 1.41. The number of fused-ring (bicyclic) bond motifs is 1. The van der Waals surface area contributed by atoms with Crippen molar-refractivity contribution in [2.24, 2.45) is 5.92 Å². The molecule has 1 aromatic carbocycles. The summed E-state index contributed by atoms with van der Waals surface area (Å²) < 4.78 is 0. The molecular formula is C21H31N3O. The zero-order valence-electron chi connectivity index (χ0n) is 15.4. The van der Waals surface area contributed by atoms with Crippen molar-refractivity contribution in [1.29, 1.82) is 0 Å². The highest BCUT2D eigenvalue weighted by Gasteiger charge is 2.35. The van der Waals surface area contributed by atoms with Crippen molar-refractivity contribution in [3.63, 3.8) is 0 Å². The average Bonchev–Trinajstić information content (AvgIpc) is 3.34. The van der Waals surface area contributed by atoms with Gasteiger partial charge in [-0.3, -0.25) is 0 Å². The van der Waals surface area contributed by atoms with Crippen LogP contribution in [-0.2, 0) is 0 Å². The third-order valence-electron chi connectivity index (χ3n) is 6.31. The van der Waals surface area contributed by atoms with Crippen LogP contribution in [0.5, 0.6) is 0 Å². The fourth-order valence-corrected chi connectivity index (χ4v) is 4.52. The van der Waals surface area contributed by atoms with Gasteiger partial charge in [-0.15, -0.1) is 0 Å². The Labute approximate surface area is 151 Å². The zero-order chi connectivity index (χ0) is 17.2. The first kappa shape index (κ1) is 16.9. The summed E-state index contributed by atoms with van der Waals surface area (Å²) in [5.41, 5.74) is 1.23. The Morgan fingerprint density at radius 1 is 1.20 bits per heavy atom. The highest BCUT2D eigenvalue weighted by molar-refractivity contribution is 5.75. The van der Waals surface area contributed by atoms with E-state index in [-0.39, 0.29) is 12.1 Å². The summed E-state index contributed by atoms with van der Waals surface area (Å²) in [6, 6.07) is 11.7. The van der Waals surface area contributed by atoms with Gasteiger partial charge in [0.1, 0.15) is 0 Å². The van der Waals surface area contributed by atoms with E-state index in [2.05, 4.69) is 46.3 Å². The fraction of sp³-hybridized carbons (Fsp3) is 0.667. The van der Waals surface area contributed by atoms with Gasteiger partial charge in [0.25, 0.3) is 0 Å². The maximum absolute atomic E-state index is 13.1. The van der Waals surface area contributed by atoms with Gasteiger partial charge in [-0.25, -0.2) is 4.79 Å². The second-order valence-electron chi connectivity index (χ2n) is 8.19. The number of urea groups is 1. The Morgan fingerprint density at radius 2 is 2.00 bits per heavy atom. The van der Waals surface area contributed by atoms with Gasteiger partial charge in [-0.1, -0.05) is 30.3 Å². The number of benzene rings is 1. The van der Waals surface area contributed by atoms with Gasteiger partial charge in [0.2, 0.25) is 0 Å². The molecule has 4 rings (SSSR count). The molecule has 0 radical (unpaired) electrons. The summed E-state index contributed by atoms with van der Waals surface area (Å²) in [4.78, 5) is 17.8. The summed E-state index contributed by atoms with van der Waals surface area (Å²) in [5.74, 6) is 0.702. The molecule has 25 heavy (non-hydrogen) atoms. The minimum Gasteiger partial charge on any atom is -0.335 e. The third-order valence-corrected chi connectivity index (χ3v) is 6.31. The molecule has 1 N–H and O–H groups in total. The molecule has 1 aromatic rings. The van der Waals surface area contributed by atoms with Gasteiger partial charge in [0.05, 0.1) is 6.04 Å². The molecule has 2 amide bonds. The standard InChI is InChI=1S/C21H31N3O/c1-16(18-6-3-2-4-7-18)24(15-17-9-10-17)21(25)22-19-11-13-23-12-5-8-20(23)14-19/h2-4,6-7,16-17,19-20H,5,8-15H2,1H3,(H,22,25)/t16-,19+,20-/m1/s1. The van der Waals surface area contributed by atoms with E-state index < -0.39 is 0 Å². The molecule has 1 aliphatic carbocycles. The van der Waals surface area contributed by atoms with Crippen LogP contribution in [0.1, 0.15) is 57.1 Å². The monoisotopic (exact) mass is 341 g/mol. The van der Waals surface area contributed by atoms with Gasteiger partial charge < -0.3 is 15.1 Å². The predicted octanol–water partition coefficient (Wildman–Crippen LogP) is 3.80. The van der Waals surface area contributed by atoms with Gasteiger partial charge >= 0.3 is 6.03 Å². The largest absolute Gasteiger partial charge is 0.335 e. The summed E-state index contributed by atoms with van der Waals surface area (Å²) in [6.07, 6.45) is 7.39. The van der Waals surface area contributed by atoms with Crippen LogP contribution in [0.3, 0.4) is 0 Å². The van der Waals surface area contributed by atoms with Crippen LogP contribution in [0, 0.1) is 5.92 Å². The lowest BCUT2D eigenvalue weighted by atomic mass is 9.97. The smallest absolute Gasteiger partial charge is 0.318 e. The lowest BCUT2D eigenvalue weighted by molar-refractivity contribution is 0.145. The van der Waals surface area contributed by atoms with Gasteiger partial charge in [-0.2, -0.15) is 0 Å². The summed E-state index contributed by atoms with van der Waals surface area (Å²) in [5, 5.41) is 3.38. The number of carbonyl (C=O) groups excluding carboxylic acids is 1. The number of amides is 2. The van der Waals surface area contributed by atoms with Crippen LogP contribution in [0.15, 0.2) is 30.3 Å². The number of nitrogens with one attached hydrogen (secondary N) is 1. The topological polar surface area (TPSA) is 35.6 Å². The van der Waals surface area contributed by atoms with Crippen LogP contribution in [0.25, 0.3) is 0 Å². The van der Waals surface area contributed by atoms with Crippen molar-refractivity contribution in [3.05, 3.63) is 35.9 Å². The summed E-state index contributed by atoms with van der Waals surface area (Å²) in [7, 11) is 0. The first-order valence-electron chi connectivity index (χ1n) is 10.1. The number of hydrogen-bond acceptors (Lipinski definition) is 2. The van der Waals surface area contributed by atoms with Crippen LogP contribution in [0.4, 0.5) is 4.79 Å². The normalized spacial score (nSPS) is 27.6. The van der Waals surface area contributed by atoms with Crippen LogP contribution >= 0.6 is 0 Å². The maximum atomic E-state index is 13.1. The third kappa shape index (κ3) is 4.00. The maximum Gasteiger partial charge on any atom is 0.318 e. The summed E-state index contributed by atoms with van der Waals surface area (Å²) >= 11 is 0. The molecule has 3 fully saturated rings. The number of nitrogens with zero attached hydrogens (tertiary/aromatic N) is 2. The molecular weight excluding hydrogens is 310 g/mol. The van der Waals surface area contributed by atoms with E-state index in [4.69, 9.17) is 0 Å². The molecule has 0 spiro atoms. The number of hydrogen-bond donors (Lipinski definition) is 1. The van der Waals surface area contributed by atoms with E-state index in [0.29, 0.717) is 18.0 Å². The molecule has 2 aliphatic heterocycles. The van der Waals surface area contributed by atoms with Crippen molar-refractivity contribution >= 4 is 6.03 Å². The van der Waals surface area contributed by atoms with Gasteiger partial charge in [-0.05, 0) is 63.5 Å². The lowest BCUT2D eigenvalue weighted by Crippen LogP contribution is -2.51. The van der Waals surface area contributed by atoms with Crippen LogP contribution in [0.2, 0.25) is 0 Å². The molecule has 3 atom stereocenters. The van der Waals surface area contributed by atoms with Crippen LogP contribution in [-0.4, -0.2) is 47.5 Å². The molecule has 3 aliphatic rings. The molecule has 0 aromatic heterocycles. The molecule has 0 bridgehead atoms. The van der Waals surface area contributed by atoms with E-state index >= 15 is 0 Å². The molecule has 4 heteroatoms. The van der Waals surface area contributed by atoms with E-state index in [9.17, 15) is 4.79 Å².